The molecule has 0 aliphatic carbocycles. The Labute approximate surface area is 133 Å². The van der Waals surface area contributed by atoms with Gasteiger partial charge in [0.05, 0.1) is 0 Å². The van der Waals surface area contributed by atoms with Crippen LogP contribution in [0.1, 0.15) is 16.7 Å². The van der Waals surface area contributed by atoms with Crippen LogP contribution in [-0.4, -0.2) is 11.8 Å². The molecule has 0 aliphatic rings. The molecule has 0 heterocycles. The van der Waals surface area contributed by atoms with Crippen LogP contribution in [0.15, 0.2) is 42.5 Å². The standard InChI is InChI=1S/C17H16Cl2F2/c1-12-2-5-14(6-3-12)17(10-18,11-19)9-13-4-7-15(20)16(21)8-13/h2-8H,9-11H2,1H3. The lowest BCUT2D eigenvalue weighted by Gasteiger charge is -2.30. The Bertz CT molecular complexity index is 605. The van der Waals surface area contributed by atoms with Gasteiger partial charge in [-0.3, -0.25) is 0 Å². The lowest BCUT2D eigenvalue weighted by molar-refractivity contribution is 0.499. The molecule has 0 saturated heterocycles. The van der Waals surface area contributed by atoms with Crippen molar-refractivity contribution in [2.24, 2.45) is 0 Å². The molecule has 0 atom stereocenters. The number of hydrogen-bond acceptors (Lipinski definition) is 0. The van der Waals surface area contributed by atoms with Crippen molar-refractivity contribution in [1.82, 2.24) is 0 Å². The summed E-state index contributed by atoms with van der Waals surface area (Å²) in [5, 5.41) is 0. The van der Waals surface area contributed by atoms with E-state index in [1.54, 1.807) is 6.07 Å². The monoisotopic (exact) mass is 328 g/mol. The Hall–Kier alpha value is -1.12. The lowest BCUT2D eigenvalue weighted by Crippen LogP contribution is -2.33. The Morgan fingerprint density at radius 3 is 2.05 bits per heavy atom. The van der Waals surface area contributed by atoms with Crippen molar-refractivity contribution >= 4 is 23.2 Å². The van der Waals surface area contributed by atoms with Gasteiger partial charge in [-0.1, -0.05) is 35.9 Å². The molecule has 0 nitrogen and oxygen atoms in total. The Morgan fingerprint density at radius 2 is 1.52 bits per heavy atom. The van der Waals surface area contributed by atoms with Gasteiger partial charge in [0.25, 0.3) is 0 Å². The number of halogens is 4. The van der Waals surface area contributed by atoms with Crippen LogP contribution in [0, 0.1) is 18.6 Å². The molecule has 0 fully saturated rings. The normalized spacial score (nSPS) is 11.7. The smallest absolute Gasteiger partial charge is 0.159 e. The first kappa shape index (κ1) is 16.3. The van der Waals surface area contributed by atoms with E-state index in [-0.39, 0.29) is 0 Å². The molecule has 2 rings (SSSR count). The van der Waals surface area contributed by atoms with E-state index < -0.39 is 17.0 Å². The van der Waals surface area contributed by atoms with Gasteiger partial charge in [0.15, 0.2) is 11.6 Å². The highest BCUT2D eigenvalue weighted by molar-refractivity contribution is 6.22. The van der Waals surface area contributed by atoms with Crippen LogP contribution in [-0.2, 0) is 11.8 Å². The van der Waals surface area contributed by atoms with E-state index in [4.69, 9.17) is 23.2 Å². The summed E-state index contributed by atoms with van der Waals surface area (Å²) in [5.74, 6) is -1.09. The predicted octanol–water partition coefficient (Wildman–Crippen LogP) is 5.23. The van der Waals surface area contributed by atoms with Crippen molar-refractivity contribution in [1.29, 1.82) is 0 Å². The fourth-order valence-corrected chi connectivity index (χ4v) is 3.12. The van der Waals surface area contributed by atoms with Crippen molar-refractivity contribution in [3.63, 3.8) is 0 Å². The molecule has 0 aliphatic heterocycles. The Balaban J connectivity index is 2.37. The van der Waals surface area contributed by atoms with E-state index in [0.29, 0.717) is 23.7 Å². The maximum absolute atomic E-state index is 13.4. The van der Waals surface area contributed by atoms with E-state index in [0.717, 1.165) is 17.2 Å². The second-order valence-electron chi connectivity index (χ2n) is 5.34. The second-order valence-corrected chi connectivity index (χ2v) is 5.87. The van der Waals surface area contributed by atoms with Crippen molar-refractivity contribution < 1.29 is 8.78 Å². The van der Waals surface area contributed by atoms with Gasteiger partial charge in [-0.05, 0) is 36.6 Å². The molecule has 21 heavy (non-hydrogen) atoms. The fraction of sp³-hybridized carbons (Fsp3) is 0.294. The third-order valence-corrected chi connectivity index (χ3v) is 4.73. The van der Waals surface area contributed by atoms with Crippen LogP contribution in [0.25, 0.3) is 0 Å². The summed E-state index contributed by atoms with van der Waals surface area (Å²) in [6.45, 7) is 2.00. The maximum Gasteiger partial charge on any atom is 0.159 e. The SMILES string of the molecule is Cc1ccc(C(CCl)(CCl)Cc2ccc(F)c(F)c2)cc1. The van der Waals surface area contributed by atoms with E-state index in [1.807, 2.05) is 31.2 Å². The zero-order chi connectivity index (χ0) is 15.5. The van der Waals surface area contributed by atoms with Crippen molar-refractivity contribution in [2.75, 3.05) is 11.8 Å². The number of aryl methyl sites for hydroxylation is 1. The number of rotatable bonds is 5. The van der Waals surface area contributed by atoms with Gasteiger partial charge in [0.1, 0.15) is 0 Å². The molecule has 0 saturated carbocycles. The van der Waals surface area contributed by atoms with Gasteiger partial charge in [0, 0.05) is 17.2 Å². The molecule has 0 bridgehead atoms. The highest BCUT2D eigenvalue weighted by atomic mass is 35.5. The Kier molecular flexibility index (Phi) is 5.23. The first-order valence-corrected chi connectivity index (χ1v) is 7.71. The van der Waals surface area contributed by atoms with E-state index in [2.05, 4.69) is 0 Å². The topological polar surface area (TPSA) is 0 Å². The third kappa shape index (κ3) is 3.56. The molecule has 0 aromatic heterocycles. The minimum atomic E-state index is -0.852. The van der Waals surface area contributed by atoms with Crippen LogP contribution in [0.4, 0.5) is 8.78 Å². The van der Waals surface area contributed by atoms with Crippen LogP contribution in [0.2, 0.25) is 0 Å². The molecule has 0 amide bonds. The van der Waals surface area contributed by atoms with Crippen LogP contribution < -0.4 is 0 Å². The first-order chi connectivity index (χ1) is 10.0. The van der Waals surface area contributed by atoms with E-state index in [9.17, 15) is 8.78 Å². The molecule has 2 aromatic carbocycles. The van der Waals surface area contributed by atoms with Gasteiger partial charge >= 0.3 is 0 Å². The summed E-state index contributed by atoms with van der Waals surface area (Å²) in [4.78, 5) is 0. The lowest BCUT2D eigenvalue weighted by atomic mass is 9.78. The molecule has 2 aromatic rings. The van der Waals surface area contributed by atoms with Gasteiger partial charge in [-0.25, -0.2) is 8.78 Å². The van der Waals surface area contributed by atoms with Gasteiger partial charge < -0.3 is 0 Å². The molecule has 0 radical (unpaired) electrons. The summed E-state index contributed by atoms with van der Waals surface area (Å²) < 4.78 is 26.4. The summed E-state index contributed by atoms with van der Waals surface area (Å²) in [5.41, 5.74) is 2.32. The molecule has 112 valence electrons. The highest BCUT2D eigenvalue weighted by Gasteiger charge is 2.31. The minimum absolute atomic E-state index is 0.304. The molecular weight excluding hydrogens is 313 g/mol. The van der Waals surface area contributed by atoms with Gasteiger partial charge in [-0.2, -0.15) is 0 Å². The van der Waals surface area contributed by atoms with Crippen molar-refractivity contribution in [2.45, 2.75) is 18.8 Å². The third-order valence-electron chi connectivity index (χ3n) is 3.70. The van der Waals surface area contributed by atoms with Crippen LogP contribution in [0.5, 0.6) is 0 Å². The quantitative estimate of drug-likeness (QED) is 0.659. The average molecular weight is 329 g/mol. The summed E-state index contributed by atoms with van der Waals surface area (Å²) in [6.07, 6.45) is 0.459. The summed E-state index contributed by atoms with van der Waals surface area (Å²) in [7, 11) is 0. The van der Waals surface area contributed by atoms with E-state index in [1.165, 1.54) is 6.07 Å². The zero-order valence-corrected chi connectivity index (χ0v) is 13.2. The summed E-state index contributed by atoms with van der Waals surface area (Å²) in [6, 6.07) is 11.9. The van der Waals surface area contributed by atoms with Crippen LogP contribution in [0.3, 0.4) is 0 Å². The Morgan fingerprint density at radius 1 is 0.905 bits per heavy atom. The molecule has 4 heteroatoms. The highest BCUT2D eigenvalue weighted by Crippen LogP contribution is 2.32. The molecule has 0 N–H and O–H groups in total. The zero-order valence-electron chi connectivity index (χ0n) is 11.7. The van der Waals surface area contributed by atoms with Gasteiger partial charge in [0.2, 0.25) is 0 Å². The van der Waals surface area contributed by atoms with Crippen molar-refractivity contribution in [3.05, 3.63) is 70.8 Å². The fourth-order valence-electron chi connectivity index (χ4n) is 2.33. The average Bonchev–Trinajstić information content (AvgIpc) is 2.49. The second kappa shape index (κ2) is 6.76. The number of benzene rings is 2. The van der Waals surface area contributed by atoms with Crippen molar-refractivity contribution in [3.8, 4) is 0 Å². The maximum atomic E-state index is 13.4. The molecule has 0 spiro atoms. The predicted molar refractivity (Wildman–Crippen MR) is 84.4 cm³/mol. The molecular formula is C17H16Cl2F2. The van der Waals surface area contributed by atoms with Crippen LogP contribution >= 0.6 is 23.2 Å². The summed E-state index contributed by atoms with van der Waals surface area (Å²) >= 11 is 12.3. The van der Waals surface area contributed by atoms with Gasteiger partial charge in [-0.15, -0.1) is 23.2 Å². The number of hydrogen-bond donors (Lipinski definition) is 0. The number of alkyl halides is 2. The minimum Gasteiger partial charge on any atom is -0.204 e. The first-order valence-electron chi connectivity index (χ1n) is 6.64. The largest absolute Gasteiger partial charge is 0.204 e. The molecule has 0 unspecified atom stereocenters. The van der Waals surface area contributed by atoms with E-state index >= 15 is 0 Å².